The van der Waals surface area contributed by atoms with Gasteiger partial charge in [0.05, 0.1) is 13.2 Å². The molecule has 0 unspecified atom stereocenters. The van der Waals surface area contributed by atoms with Crippen molar-refractivity contribution in [1.82, 2.24) is 4.90 Å². The van der Waals surface area contributed by atoms with Crippen molar-refractivity contribution in [1.29, 1.82) is 0 Å². The monoisotopic (exact) mass is 319 g/mol. The lowest BCUT2D eigenvalue weighted by Crippen LogP contribution is -2.32. The Balaban J connectivity index is 2.74. The lowest BCUT2D eigenvalue weighted by molar-refractivity contribution is -0.138. The van der Waals surface area contributed by atoms with Crippen molar-refractivity contribution in [3.05, 3.63) is 34.1 Å². The molecule has 0 bridgehead atoms. The predicted octanol–water partition coefficient (Wildman–Crippen LogP) is 2.12. The average Bonchev–Trinajstić information content (AvgIpc) is 2.30. The molecule has 0 atom stereocenters. The number of carboxylic acids is 1. The number of carboxylic acid groups (broad SMARTS) is 1. The van der Waals surface area contributed by atoms with Gasteiger partial charge in [0.25, 0.3) is 0 Å². The van der Waals surface area contributed by atoms with Gasteiger partial charge >= 0.3 is 5.97 Å². The van der Waals surface area contributed by atoms with E-state index < -0.39 is 5.97 Å². The number of methoxy groups -OCH3 is 1. The molecule has 0 aliphatic carbocycles. The van der Waals surface area contributed by atoms with Crippen LogP contribution in [0.3, 0.4) is 0 Å². The maximum atomic E-state index is 13.6. The molecule has 0 spiro atoms. The first kappa shape index (κ1) is 15.1. The van der Waals surface area contributed by atoms with Crippen LogP contribution in [0.5, 0.6) is 0 Å². The minimum atomic E-state index is -0.943. The van der Waals surface area contributed by atoms with Crippen molar-refractivity contribution in [3.63, 3.8) is 0 Å². The third-order valence-electron chi connectivity index (χ3n) is 2.37. The van der Waals surface area contributed by atoms with Gasteiger partial charge in [0.15, 0.2) is 0 Å². The second kappa shape index (κ2) is 7.45. The number of halogens is 2. The predicted molar refractivity (Wildman–Crippen MR) is 68.9 cm³/mol. The van der Waals surface area contributed by atoms with Crippen molar-refractivity contribution in [3.8, 4) is 0 Å². The van der Waals surface area contributed by atoms with Crippen LogP contribution in [-0.4, -0.2) is 42.8 Å². The van der Waals surface area contributed by atoms with Crippen LogP contribution in [-0.2, 0) is 16.1 Å². The van der Waals surface area contributed by atoms with E-state index in [4.69, 9.17) is 9.84 Å². The molecule has 0 amide bonds. The summed E-state index contributed by atoms with van der Waals surface area (Å²) in [6.45, 7) is 0.938. The summed E-state index contributed by atoms with van der Waals surface area (Å²) in [7, 11) is 1.54. The highest BCUT2D eigenvalue weighted by atomic mass is 79.9. The third-order valence-corrected chi connectivity index (χ3v) is 2.87. The summed E-state index contributed by atoms with van der Waals surface area (Å²) in [6, 6.07) is 4.61. The van der Waals surface area contributed by atoms with Gasteiger partial charge in [0, 0.05) is 30.2 Å². The van der Waals surface area contributed by atoms with E-state index >= 15 is 0 Å². The minimum Gasteiger partial charge on any atom is -0.480 e. The zero-order valence-corrected chi connectivity index (χ0v) is 11.6. The van der Waals surface area contributed by atoms with E-state index in [1.165, 1.54) is 6.07 Å². The Hall–Kier alpha value is -0.980. The van der Waals surface area contributed by atoms with Gasteiger partial charge < -0.3 is 9.84 Å². The molecule has 4 nitrogen and oxygen atoms in total. The second-order valence-electron chi connectivity index (χ2n) is 3.83. The fourth-order valence-corrected chi connectivity index (χ4v) is 1.94. The largest absolute Gasteiger partial charge is 0.480 e. The third kappa shape index (κ3) is 5.12. The molecular formula is C12H15BrFNO3. The van der Waals surface area contributed by atoms with E-state index in [0.717, 1.165) is 4.47 Å². The van der Waals surface area contributed by atoms with E-state index in [-0.39, 0.29) is 18.9 Å². The fourth-order valence-electron chi connectivity index (χ4n) is 1.53. The van der Waals surface area contributed by atoms with Gasteiger partial charge in [-0.15, -0.1) is 0 Å². The maximum absolute atomic E-state index is 13.6. The van der Waals surface area contributed by atoms with E-state index in [1.807, 2.05) is 0 Å². The topological polar surface area (TPSA) is 49.8 Å². The normalized spacial score (nSPS) is 10.9. The standard InChI is InChI=1S/C12H15BrFNO3/c1-18-5-4-15(8-12(16)17)7-9-6-10(13)2-3-11(9)14/h2-3,6H,4-5,7-8H2,1H3,(H,16,17). The van der Waals surface area contributed by atoms with Crippen LogP contribution < -0.4 is 0 Å². The molecule has 6 heteroatoms. The Morgan fingerprint density at radius 3 is 2.89 bits per heavy atom. The first-order chi connectivity index (χ1) is 8.52. The number of rotatable bonds is 7. The molecule has 0 saturated heterocycles. The molecular weight excluding hydrogens is 305 g/mol. The van der Waals surface area contributed by atoms with Gasteiger partial charge in [-0.1, -0.05) is 15.9 Å². The molecule has 0 heterocycles. The average molecular weight is 320 g/mol. The quantitative estimate of drug-likeness (QED) is 0.836. The summed E-state index contributed by atoms with van der Waals surface area (Å²) >= 11 is 3.26. The molecule has 0 aromatic heterocycles. The molecule has 1 aromatic rings. The smallest absolute Gasteiger partial charge is 0.317 e. The molecule has 100 valence electrons. The summed E-state index contributed by atoms with van der Waals surface area (Å²) in [6.07, 6.45) is 0. The number of nitrogens with zero attached hydrogens (tertiary/aromatic N) is 1. The maximum Gasteiger partial charge on any atom is 0.317 e. The van der Waals surface area contributed by atoms with Crippen molar-refractivity contribution in [2.24, 2.45) is 0 Å². The summed E-state index contributed by atoms with van der Waals surface area (Å²) in [5.74, 6) is -1.28. The summed E-state index contributed by atoms with van der Waals surface area (Å²) in [5, 5.41) is 8.80. The number of hydrogen-bond donors (Lipinski definition) is 1. The van der Waals surface area contributed by atoms with E-state index in [0.29, 0.717) is 18.7 Å². The highest BCUT2D eigenvalue weighted by molar-refractivity contribution is 9.10. The molecule has 1 N–H and O–H groups in total. The molecule has 1 rings (SSSR count). The zero-order chi connectivity index (χ0) is 13.5. The van der Waals surface area contributed by atoms with Gasteiger partial charge in [-0.05, 0) is 18.2 Å². The van der Waals surface area contributed by atoms with Crippen LogP contribution in [0.25, 0.3) is 0 Å². The van der Waals surface area contributed by atoms with Gasteiger partial charge in [-0.25, -0.2) is 4.39 Å². The Kier molecular flexibility index (Phi) is 6.24. The number of carbonyl (C=O) groups is 1. The number of ether oxygens (including phenoxy) is 1. The van der Waals surface area contributed by atoms with Crippen molar-refractivity contribution < 1.29 is 19.0 Å². The number of benzene rings is 1. The van der Waals surface area contributed by atoms with Gasteiger partial charge in [-0.2, -0.15) is 0 Å². The highest BCUT2D eigenvalue weighted by Gasteiger charge is 2.12. The second-order valence-corrected chi connectivity index (χ2v) is 4.75. The summed E-state index contributed by atoms with van der Waals surface area (Å²) in [5.41, 5.74) is 0.460. The van der Waals surface area contributed by atoms with Crippen LogP contribution in [0.15, 0.2) is 22.7 Å². The van der Waals surface area contributed by atoms with E-state index in [1.54, 1.807) is 24.1 Å². The lowest BCUT2D eigenvalue weighted by atomic mass is 10.2. The molecule has 0 fully saturated rings. The van der Waals surface area contributed by atoms with Crippen molar-refractivity contribution >= 4 is 21.9 Å². The molecule has 1 aromatic carbocycles. The summed E-state index contributed by atoms with van der Waals surface area (Å²) in [4.78, 5) is 12.4. The number of aliphatic carboxylic acids is 1. The van der Waals surface area contributed by atoms with Gasteiger partial charge in [-0.3, -0.25) is 9.69 Å². The van der Waals surface area contributed by atoms with Gasteiger partial charge in [0.1, 0.15) is 5.82 Å². The molecule has 0 aliphatic heterocycles. The van der Waals surface area contributed by atoms with Crippen LogP contribution in [0.4, 0.5) is 4.39 Å². The molecule has 18 heavy (non-hydrogen) atoms. The Labute approximate surface area is 113 Å². The zero-order valence-electron chi connectivity index (χ0n) is 10.0. The Morgan fingerprint density at radius 1 is 1.56 bits per heavy atom. The number of hydrogen-bond acceptors (Lipinski definition) is 3. The van der Waals surface area contributed by atoms with Crippen LogP contribution in [0.2, 0.25) is 0 Å². The van der Waals surface area contributed by atoms with Crippen molar-refractivity contribution in [2.45, 2.75) is 6.54 Å². The molecule has 0 saturated carbocycles. The van der Waals surface area contributed by atoms with E-state index in [9.17, 15) is 9.18 Å². The molecule has 0 aliphatic rings. The fraction of sp³-hybridized carbons (Fsp3) is 0.417. The van der Waals surface area contributed by atoms with Crippen LogP contribution in [0, 0.1) is 5.82 Å². The first-order valence-corrected chi connectivity index (χ1v) is 6.19. The van der Waals surface area contributed by atoms with Crippen molar-refractivity contribution in [2.75, 3.05) is 26.8 Å². The first-order valence-electron chi connectivity index (χ1n) is 5.40. The molecule has 0 radical (unpaired) electrons. The van der Waals surface area contributed by atoms with E-state index in [2.05, 4.69) is 15.9 Å². The van der Waals surface area contributed by atoms with Crippen LogP contribution >= 0.6 is 15.9 Å². The van der Waals surface area contributed by atoms with Crippen LogP contribution in [0.1, 0.15) is 5.56 Å². The SMILES string of the molecule is COCCN(CC(=O)O)Cc1cc(Br)ccc1F. The minimum absolute atomic E-state index is 0.144. The van der Waals surface area contributed by atoms with Gasteiger partial charge in [0.2, 0.25) is 0 Å². The lowest BCUT2D eigenvalue weighted by Gasteiger charge is -2.20. The summed E-state index contributed by atoms with van der Waals surface area (Å²) < 4.78 is 19.2. The Morgan fingerprint density at radius 2 is 2.28 bits per heavy atom. The Bertz CT molecular complexity index is 414. The highest BCUT2D eigenvalue weighted by Crippen LogP contribution is 2.17.